The monoisotopic (exact) mass is 340 g/mol. The first-order valence-electron chi connectivity index (χ1n) is 8.07. The van der Waals surface area contributed by atoms with Gasteiger partial charge in [0, 0.05) is 26.1 Å². The minimum absolute atomic E-state index is 0.168. The van der Waals surface area contributed by atoms with Crippen LogP contribution < -0.4 is 10.2 Å². The molecule has 2 aromatic rings. The Morgan fingerprint density at radius 2 is 2.16 bits per heavy atom. The molecule has 1 atom stereocenters. The van der Waals surface area contributed by atoms with Gasteiger partial charge in [0.05, 0.1) is 12.1 Å². The van der Waals surface area contributed by atoms with Crippen molar-refractivity contribution in [2.24, 2.45) is 0 Å². The quantitative estimate of drug-likeness (QED) is 0.902. The molecule has 1 amide bonds. The number of pyridine rings is 1. The SMILES string of the molecule is CC(=O)N[C@@]1(c2noc(C)n2)CCN(c2nc(C)cc(C)c2C#N)C1. The fraction of sp³-hybridized carbons (Fsp3) is 0.471. The van der Waals surface area contributed by atoms with Gasteiger partial charge in [-0.05, 0) is 31.9 Å². The van der Waals surface area contributed by atoms with Crippen molar-refractivity contribution in [1.82, 2.24) is 20.4 Å². The van der Waals surface area contributed by atoms with E-state index < -0.39 is 5.54 Å². The van der Waals surface area contributed by atoms with Gasteiger partial charge in [-0.25, -0.2) is 4.98 Å². The first kappa shape index (κ1) is 16.9. The molecule has 0 unspecified atom stereocenters. The third kappa shape index (κ3) is 3.05. The second kappa shape index (κ2) is 6.16. The molecule has 0 aliphatic carbocycles. The Labute approximate surface area is 145 Å². The number of anilines is 1. The lowest BCUT2D eigenvalue weighted by atomic mass is 9.97. The molecule has 3 heterocycles. The van der Waals surface area contributed by atoms with Crippen LogP contribution in [0.2, 0.25) is 0 Å². The zero-order valence-electron chi connectivity index (χ0n) is 14.8. The first-order valence-corrected chi connectivity index (χ1v) is 8.07. The Balaban J connectivity index is 2.01. The number of aryl methyl sites for hydroxylation is 3. The number of nitrogens with one attached hydrogen (secondary N) is 1. The number of carbonyl (C=O) groups is 1. The molecule has 0 aromatic carbocycles. The summed E-state index contributed by atoms with van der Waals surface area (Å²) in [5.74, 6) is 1.36. The van der Waals surface area contributed by atoms with Gasteiger partial charge < -0.3 is 14.7 Å². The highest BCUT2D eigenvalue weighted by atomic mass is 16.5. The van der Waals surface area contributed by atoms with Crippen molar-refractivity contribution in [3.8, 4) is 6.07 Å². The van der Waals surface area contributed by atoms with E-state index in [0.717, 1.165) is 11.3 Å². The summed E-state index contributed by atoms with van der Waals surface area (Å²) in [5, 5.41) is 16.5. The lowest BCUT2D eigenvalue weighted by Crippen LogP contribution is -2.48. The van der Waals surface area contributed by atoms with Crippen LogP contribution in [0.15, 0.2) is 10.6 Å². The summed E-state index contributed by atoms with van der Waals surface area (Å²) < 4.78 is 5.11. The first-order chi connectivity index (χ1) is 11.8. The molecule has 3 rings (SSSR count). The van der Waals surface area contributed by atoms with Gasteiger partial charge in [-0.15, -0.1) is 0 Å². The molecule has 1 saturated heterocycles. The number of nitrogens with zero attached hydrogens (tertiary/aromatic N) is 5. The zero-order valence-corrected chi connectivity index (χ0v) is 14.8. The van der Waals surface area contributed by atoms with Gasteiger partial charge in [-0.1, -0.05) is 5.16 Å². The lowest BCUT2D eigenvalue weighted by molar-refractivity contribution is -0.120. The Kier molecular flexibility index (Phi) is 4.17. The molecule has 1 aliphatic heterocycles. The lowest BCUT2D eigenvalue weighted by Gasteiger charge is -2.27. The number of carbonyl (C=O) groups excluding carboxylic acids is 1. The van der Waals surface area contributed by atoms with Crippen LogP contribution in [0, 0.1) is 32.1 Å². The molecule has 25 heavy (non-hydrogen) atoms. The molecule has 8 nitrogen and oxygen atoms in total. The van der Waals surface area contributed by atoms with E-state index in [1.165, 1.54) is 6.92 Å². The predicted octanol–water partition coefficient (Wildman–Crippen LogP) is 1.50. The van der Waals surface area contributed by atoms with Gasteiger partial charge in [-0.2, -0.15) is 10.2 Å². The van der Waals surface area contributed by atoms with Crippen molar-refractivity contribution in [2.75, 3.05) is 18.0 Å². The van der Waals surface area contributed by atoms with Crippen molar-refractivity contribution in [1.29, 1.82) is 5.26 Å². The van der Waals surface area contributed by atoms with Crippen LogP contribution in [0.25, 0.3) is 0 Å². The van der Waals surface area contributed by atoms with Crippen molar-refractivity contribution in [3.63, 3.8) is 0 Å². The molecule has 1 N–H and O–H groups in total. The van der Waals surface area contributed by atoms with Crippen LogP contribution in [0.4, 0.5) is 5.82 Å². The minimum Gasteiger partial charge on any atom is -0.353 e. The summed E-state index contributed by atoms with van der Waals surface area (Å²) >= 11 is 0. The molecule has 0 saturated carbocycles. The highest BCUT2D eigenvalue weighted by molar-refractivity contribution is 5.74. The number of rotatable bonds is 3. The van der Waals surface area contributed by atoms with Crippen molar-refractivity contribution >= 4 is 11.7 Å². The molecule has 2 aromatic heterocycles. The van der Waals surface area contributed by atoms with Gasteiger partial charge >= 0.3 is 0 Å². The van der Waals surface area contributed by atoms with Gasteiger partial charge in [0.2, 0.25) is 11.8 Å². The average molecular weight is 340 g/mol. The fourth-order valence-electron chi connectivity index (χ4n) is 3.35. The molecular formula is C17H20N6O2. The Morgan fingerprint density at radius 3 is 2.76 bits per heavy atom. The second-order valence-corrected chi connectivity index (χ2v) is 6.46. The molecule has 0 radical (unpaired) electrons. The Morgan fingerprint density at radius 1 is 1.40 bits per heavy atom. The van der Waals surface area contributed by atoms with E-state index in [4.69, 9.17) is 4.52 Å². The largest absolute Gasteiger partial charge is 0.353 e. The molecule has 130 valence electrons. The predicted molar refractivity (Wildman–Crippen MR) is 89.8 cm³/mol. The van der Waals surface area contributed by atoms with E-state index in [2.05, 4.69) is 26.5 Å². The summed E-state index contributed by atoms with van der Waals surface area (Å²) in [6.45, 7) is 8.03. The number of hydrogen-bond acceptors (Lipinski definition) is 7. The van der Waals surface area contributed by atoms with E-state index in [0.29, 0.717) is 42.6 Å². The summed E-state index contributed by atoms with van der Waals surface area (Å²) in [5.41, 5.74) is 1.53. The van der Waals surface area contributed by atoms with Gasteiger partial charge in [-0.3, -0.25) is 4.79 Å². The summed E-state index contributed by atoms with van der Waals surface area (Å²) in [7, 11) is 0. The maximum Gasteiger partial charge on any atom is 0.223 e. The summed E-state index contributed by atoms with van der Waals surface area (Å²) in [6.07, 6.45) is 0.602. The third-order valence-electron chi connectivity index (χ3n) is 4.38. The maximum absolute atomic E-state index is 11.8. The molecule has 1 aliphatic rings. The fourth-order valence-corrected chi connectivity index (χ4v) is 3.35. The van der Waals surface area contributed by atoms with Crippen molar-refractivity contribution < 1.29 is 9.32 Å². The third-order valence-corrected chi connectivity index (χ3v) is 4.38. The van der Waals surface area contributed by atoms with Gasteiger partial charge in [0.15, 0.2) is 5.82 Å². The molecule has 0 bridgehead atoms. The van der Waals surface area contributed by atoms with Crippen molar-refractivity contribution in [3.05, 3.63) is 34.6 Å². The number of hydrogen-bond donors (Lipinski definition) is 1. The van der Waals surface area contributed by atoms with E-state index in [1.807, 2.05) is 24.8 Å². The summed E-state index contributed by atoms with van der Waals surface area (Å²) in [6, 6.07) is 4.13. The van der Waals surface area contributed by atoms with E-state index in [1.54, 1.807) is 6.92 Å². The number of amides is 1. The van der Waals surface area contributed by atoms with E-state index in [-0.39, 0.29) is 5.91 Å². The standard InChI is InChI=1S/C17H20N6O2/c1-10-7-11(2)19-15(14(10)8-18)23-6-5-17(9-23,21-12(3)24)16-20-13(4)25-22-16/h7H,5-6,9H2,1-4H3,(H,21,24)/t17-/m0/s1. The van der Waals surface area contributed by atoms with Crippen LogP contribution in [0.5, 0.6) is 0 Å². The topological polar surface area (TPSA) is 108 Å². The Hall–Kier alpha value is -2.95. The molecule has 1 fully saturated rings. The van der Waals surface area contributed by atoms with Crippen LogP contribution in [-0.2, 0) is 10.3 Å². The molecule has 8 heteroatoms. The number of nitriles is 1. The maximum atomic E-state index is 11.8. The van der Waals surface area contributed by atoms with Gasteiger partial charge in [0.25, 0.3) is 0 Å². The minimum atomic E-state index is -0.754. The zero-order chi connectivity index (χ0) is 18.2. The smallest absolute Gasteiger partial charge is 0.223 e. The molecule has 0 spiro atoms. The highest BCUT2D eigenvalue weighted by Crippen LogP contribution is 2.34. The van der Waals surface area contributed by atoms with Crippen LogP contribution in [-0.4, -0.2) is 34.1 Å². The highest BCUT2D eigenvalue weighted by Gasteiger charge is 2.45. The van der Waals surface area contributed by atoms with E-state index >= 15 is 0 Å². The second-order valence-electron chi connectivity index (χ2n) is 6.46. The van der Waals surface area contributed by atoms with E-state index in [9.17, 15) is 10.1 Å². The van der Waals surface area contributed by atoms with Crippen LogP contribution in [0.1, 0.15) is 41.9 Å². The summed E-state index contributed by atoms with van der Waals surface area (Å²) in [4.78, 5) is 22.7. The van der Waals surface area contributed by atoms with Gasteiger partial charge in [0.1, 0.15) is 17.4 Å². The average Bonchev–Trinajstić information content (AvgIpc) is 3.13. The van der Waals surface area contributed by atoms with Crippen molar-refractivity contribution in [2.45, 2.75) is 39.7 Å². The number of aromatic nitrogens is 3. The normalized spacial score (nSPS) is 19.7. The van der Waals surface area contributed by atoms with Crippen LogP contribution >= 0.6 is 0 Å². The molecular weight excluding hydrogens is 320 g/mol. The Bertz CT molecular complexity index is 869. The van der Waals surface area contributed by atoms with Crippen LogP contribution in [0.3, 0.4) is 0 Å².